The van der Waals surface area contributed by atoms with Crippen LogP contribution >= 0.6 is 0 Å². The second-order valence-corrected chi connectivity index (χ2v) is 4.87. The average Bonchev–Trinajstić information content (AvgIpc) is 1.96. The van der Waals surface area contributed by atoms with Crippen molar-refractivity contribution in [2.75, 3.05) is 13.4 Å². The van der Waals surface area contributed by atoms with E-state index in [-0.39, 0.29) is 5.97 Å². The lowest BCUT2D eigenvalue weighted by molar-refractivity contribution is -0.140. The van der Waals surface area contributed by atoms with E-state index in [4.69, 9.17) is 5.14 Å². The molecular weight excluding hydrogens is 178 g/mol. The molecule has 0 amide bonds. The maximum atomic E-state index is 10.9. The van der Waals surface area contributed by atoms with Crippen molar-refractivity contribution < 1.29 is 13.7 Å². The number of unbranched alkanes of at least 4 members (excludes halogenated alkanes) is 1. The van der Waals surface area contributed by atoms with Crippen LogP contribution in [0, 0.1) is 0 Å². The summed E-state index contributed by atoms with van der Waals surface area (Å²) in [5, 5.41) is 6.78. The van der Waals surface area contributed by atoms with Crippen molar-refractivity contribution in [3.05, 3.63) is 0 Å². The molecule has 5 heteroatoms. The molecule has 2 N–H and O–H groups in total. The number of ether oxygens (including phenoxy) is 1. The van der Waals surface area contributed by atoms with Crippen LogP contribution in [-0.4, -0.2) is 28.9 Å². The summed E-state index contributed by atoms with van der Waals surface area (Å²) in [5.74, 6) is -0.247. The van der Waals surface area contributed by atoms with Crippen LogP contribution in [0.3, 0.4) is 0 Å². The first kappa shape index (κ1) is 11.4. The van der Waals surface area contributed by atoms with E-state index in [0.29, 0.717) is 19.3 Å². The average molecular weight is 193 g/mol. The van der Waals surface area contributed by atoms with Crippen molar-refractivity contribution in [2.24, 2.45) is 5.14 Å². The Bertz CT molecular complexity index is 245. The van der Waals surface area contributed by atoms with Gasteiger partial charge in [0.2, 0.25) is 0 Å². The molecule has 0 radical (unpaired) electrons. The zero-order valence-corrected chi connectivity index (χ0v) is 8.23. The molecule has 0 aliphatic heterocycles. The molecule has 0 saturated carbocycles. The molecule has 0 saturated heterocycles. The molecule has 4 nitrogen and oxygen atoms in total. The number of hydrogen-bond acceptors (Lipinski definition) is 3. The first-order valence-electron chi connectivity index (χ1n) is 3.62. The number of rotatable bonds is 4. The van der Waals surface area contributed by atoms with Gasteiger partial charge >= 0.3 is 5.97 Å². The fourth-order valence-electron chi connectivity index (χ4n) is 0.666. The van der Waals surface area contributed by atoms with Gasteiger partial charge in [0.1, 0.15) is 0 Å². The maximum absolute atomic E-state index is 10.9. The minimum atomic E-state index is -2.26. The van der Waals surface area contributed by atoms with Gasteiger partial charge in [-0.05, 0) is 18.2 Å². The summed E-state index contributed by atoms with van der Waals surface area (Å²) >= 11 is 0. The van der Waals surface area contributed by atoms with E-state index >= 15 is 0 Å². The topological polar surface area (TPSA) is 69.4 Å². The summed E-state index contributed by atoms with van der Waals surface area (Å²) in [4.78, 5) is 10.6. The van der Waals surface area contributed by atoms with Gasteiger partial charge in [-0.25, -0.2) is 0 Å². The van der Waals surface area contributed by atoms with Crippen molar-refractivity contribution in [2.45, 2.75) is 19.3 Å². The molecule has 72 valence electrons. The molecule has 0 aromatic carbocycles. The molecule has 0 spiro atoms. The van der Waals surface area contributed by atoms with E-state index in [1.807, 2.05) is 0 Å². The smallest absolute Gasteiger partial charge is 0.305 e. The Morgan fingerprint density at radius 2 is 2.25 bits per heavy atom. The molecule has 0 bridgehead atoms. The van der Waals surface area contributed by atoms with E-state index in [2.05, 4.69) is 4.74 Å². The molecule has 0 aliphatic carbocycles. The van der Waals surface area contributed by atoms with Crippen LogP contribution in [-0.2, 0) is 19.2 Å². The summed E-state index contributed by atoms with van der Waals surface area (Å²) < 4.78 is 15.3. The number of carbonyl (C=O) groups excluding carboxylic acids is 1. The normalized spacial score (nSPS) is 14.9. The predicted octanol–water partition coefficient (Wildman–Crippen LogP) is -0.0802. The third kappa shape index (κ3) is 7.56. The lowest BCUT2D eigenvalue weighted by Crippen LogP contribution is -2.12. The molecule has 1 unspecified atom stereocenters. The highest BCUT2D eigenvalue weighted by Crippen LogP contribution is 1.94. The fraction of sp³-hybridized carbons (Fsp3) is 0.714. The molecule has 0 fully saturated rings. The van der Waals surface area contributed by atoms with Crippen molar-refractivity contribution in [3.8, 4) is 0 Å². The van der Waals surface area contributed by atoms with Gasteiger partial charge in [0.25, 0.3) is 0 Å². The van der Waals surface area contributed by atoms with Crippen LogP contribution in [0.25, 0.3) is 0 Å². The zero-order chi connectivity index (χ0) is 9.61. The lowest BCUT2D eigenvalue weighted by atomic mass is 10.2. The molecule has 0 heterocycles. The second kappa shape index (κ2) is 5.16. The van der Waals surface area contributed by atoms with E-state index in [1.54, 1.807) is 0 Å². The van der Waals surface area contributed by atoms with Crippen molar-refractivity contribution >= 4 is 21.0 Å². The minimum absolute atomic E-state index is 0.247. The Kier molecular flexibility index (Phi) is 4.92. The van der Waals surface area contributed by atoms with E-state index in [9.17, 15) is 9.00 Å². The van der Waals surface area contributed by atoms with Crippen LogP contribution in [0.1, 0.15) is 19.3 Å². The first-order chi connectivity index (χ1) is 5.45. The summed E-state index contributed by atoms with van der Waals surface area (Å²) in [6.07, 6.45) is 3.03. The summed E-state index contributed by atoms with van der Waals surface area (Å²) in [7, 11) is -0.911. The van der Waals surface area contributed by atoms with Gasteiger partial charge < -0.3 is 4.74 Å². The number of nitrogens with two attached hydrogens (primary N) is 1. The Labute approximate surface area is 73.2 Å². The fourth-order valence-corrected chi connectivity index (χ4v) is 1.30. The summed E-state index contributed by atoms with van der Waals surface area (Å²) in [6.45, 7) is 0. The van der Waals surface area contributed by atoms with Crippen LogP contribution in [0.4, 0.5) is 0 Å². The quantitative estimate of drug-likeness (QED) is 0.386. The zero-order valence-electron chi connectivity index (χ0n) is 7.41. The van der Waals surface area contributed by atoms with Crippen LogP contribution in [0.5, 0.6) is 0 Å². The van der Waals surface area contributed by atoms with Crippen LogP contribution in [0.2, 0.25) is 0 Å². The van der Waals surface area contributed by atoms with Crippen molar-refractivity contribution in [3.63, 3.8) is 0 Å². The van der Waals surface area contributed by atoms with Gasteiger partial charge in [-0.1, -0.05) is 0 Å². The Morgan fingerprint density at radius 1 is 1.67 bits per heavy atom. The molecule has 12 heavy (non-hydrogen) atoms. The molecule has 0 rings (SSSR count). The third-order valence-electron chi connectivity index (χ3n) is 1.26. The van der Waals surface area contributed by atoms with Gasteiger partial charge in [0.15, 0.2) is 0 Å². The summed E-state index contributed by atoms with van der Waals surface area (Å²) in [6, 6.07) is 0. The molecule has 0 aliphatic rings. The predicted molar refractivity (Wildman–Crippen MR) is 50.2 cm³/mol. The highest BCUT2D eigenvalue weighted by Gasteiger charge is 1.98. The first-order valence-corrected chi connectivity index (χ1v) is 5.72. The highest BCUT2D eigenvalue weighted by atomic mass is 32.2. The van der Waals surface area contributed by atoms with E-state index in [1.165, 1.54) is 18.7 Å². The minimum Gasteiger partial charge on any atom is -0.469 e. The SMILES string of the molecule is COC(=O)CCCC=S(C)(N)=O. The third-order valence-corrected chi connectivity index (χ3v) is 2.16. The van der Waals surface area contributed by atoms with Crippen molar-refractivity contribution in [1.82, 2.24) is 0 Å². The van der Waals surface area contributed by atoms with Crippen LogP contribution in [0.15, 0.2) is 0 Å². The number of carbonyl (C=O) groups is 1. The maximum Gasteiger partial charge on any atom is 0.305 e. The van der Waals surface area contributed by atoms with Gasteiger partial charge in [0.05, 0.1) is 7.11 Å². The summed E-state index contributed by atoms with van der Waals surface area (Å²) in [5.41, 5.74) is 0. The Balaban J connectivity index is 3.60. The number of hydrogen-bond donors (Lipinski definition) is 1. The molecule has 0 aromatic rings. The van der Waals surface area contributed by atoms with Gasteiger partial charge in [-0.15, -0.1) is 0 Å². The highest BCUT2D eigenvalue weighted by molar-refractivity contribution is 7.98. The van der Waals surface area contributed by atoms with Gasteiger partial charge in [-0.2, -0.15) is 0 Å². The number of esters is 1. The molecular formula is C7H15NO3S. The molecule has 0 aromatic heterocycles. The van der Waals surface area contributed by atoms with Crippen molar-refractivity contribution in [1.29, 1.82) is 0 Å². The number of methoxy groups -OCH3 is 1. The van der Waals surface area contributed by atoms with Gasteiger partial charge in [0, 0.05) is 22.4 Å². The van der Waals surface area contributed by atoms with Gasteiger partial charge in [-0.3, -0.25) is 14.1 Å². The monoisotopic (exact) mass is 193 g/mol. The standard InChI is InChI=1S/C7H15NO3S/c1-11-7(9)5-3-4-6-12(2,8)10/h6H,3-5H2,1-2H3,(H2,8,10). The van der Waals surface area contributed by atoms with Crippen LogP contribution < -0.4 is 5.14 Å². The Hall–Kier alpha value is -0.550. The largest absolute Gasteiger partial charge is 0.469 e. The second-order valence-electron chi connectivity index (χ2n) is 2.60. The molecule has 1 atom stereocenters. The Morgan fingerprint density at radius 3 is 2.67 bits per heavy atom. The van der Waals surface area contributed by atoms with E-state index in [0.717, 1.165) is 0 Å². The lowest BCUT2D eigenvalue weighted by Gasteiger charge is -1.97. The van der Waals surface area contributed by atoms with E-state index < -0.39 is 9.71 Å².